The molecule has 0 fully saturated rings. The zero-order valence-corrected chi connectivity index (χ0v) is 27.7. The van der Waals surface area contributed by atoms with Crippen LogP contribution in [0.4, 0.5) is 13.2 Å². The van der Waals surface area contributed by atoms with Gasteiger partial charge in [0.25, 0.3) is 5.91 Å². The lowest BCUT2D eigenvalue weighted by atomic mass is 9.90. The van der Waals surface area contributed by atoms with Gasteiger partial charge in [-0.15, -0.1) is 0 Å². The van der Waals surface area contributed by atoms with Gasteiger partial charge in [0, 0.05) is 5.56 Å². The molecule has 1 aromatic heterocycles. The molecule has 3 rings (SSSR count). The minimum Gasteiger partial charge on any atom is -0.493 e. The Hall–Kier alpha value is -5.14. The minimum atomic E-state index is -4.60. The number of aldehydes is 1. The van der Waals surface area contributed by atoms with E-state index in [4.69, 9.17) is 14.0 Å². The zero-order chi connectivity index (χ0) is 36.1. The van der Waals surface area contributed by atoms with Gasteiger partial charge in [-0.1, -0.05) is 39.2 Å². The second-order valence-electron chi connectivity index (χ2n) is 11.1. The van der Waals surface area contributed by atoms with Crippen molar-refractivity contribution in [1.29, 1.82) is 0 Å². The maximum atomic E-state index is 13.4. The van der Waals surface area contributed by atoms with Crippen LogP contribution in [-0.2, 0) is 20.6 Å². The predicted molar refractivity (Wildman–Crippen MR) is 172 cm³/mol. The van der Waals surface area contributed by atoms with Crippen molar-refractivity contribution in [2.24, 2.45) is 5.92 Å². The summed E-state index contributed by atoms with van der Waals surface area (Å²) >= 11 is 0. The van der Waals surface area contributed by atoms with E-state index in [2.05, 4.69) is 10.6 Å². The molecule has 264 valence electrons. The second kappa shape index (κ2) is 17.9. The molecule has 0 bridgehead atoms. The average molecular weight is 688 g/mol. The number of carbonyl (C=O) groups excluding carboxylic acids is 5. The molecule has 3 amide bonds. The first kappa shape index (κ1) is 38.3. The summed E-state index contributed by atoms with van der Waals surface area (Å²) in [4.78, 5) is 67.9. The number of furan rings is 1. The number of hydroxylamine groups is 2. The molecular weight excluding hydrogens is 647 g/mol. The van der Waals surface area contributed by atoms with Crippen molar-refractivity contribution in [3.63, 3.8) is 0 Å². The van der Waals surface area contributed by atoms with E-state index in [1.807, 2.05) is 6.92 Å². The number of rotatable bonds is 18. The molecular formula is C35H40F3N3O8. The van der Waals surface area contributed by atoms with E-state index in [-0.39, 0.29) is 36.4 Å². The van der Waals surface area contributed by atoms with Gasteiger partial charge in [-0.3, -0.25) is 19.2 Å². The van der Waals surface area contributed by atoms with E-state index >= 15 is 0 Å². The first-order chi connectivity index (χ1) is 23.4. The number of aryl methyl sites for hydroxylation is 1. The summed E-state index contributed by atoms with van der Waals surface area (Å²) in [6.07, 6.45) is -0.907. The Balaban J connectivity index is 1.69. The maximum Gasteiger partial charge on any atom is 0.416 e. The quantitative estimate of drug-likeness (QED) is 0.0668. The Morgan fingerprint density at radius 3 is 2.35 bits per heavy atom. The summed E-state index contributed by atoms with van der Waals surface area (Å²) in [7, 11) is 0. The van der Waals surface area contributed by atoms with Crippen molar-refractivity contribution >= 4 is 30.5 Å². The Morgan fingerprint density at radius 1 is 0.980 bits per heavy atom. The van der Waals surface area contributed by atoms with Crippen molar-refractivity contribution in [3.05, 3.63) is 76.5 Å². The molecule has 0 aliphatic heterocycles. The van der Waals surface area contributed by atoms with Gasteiger partial charge in [0.15, 0.2) is 12.0 Å². The number of ether oxygens (including phenoxy) is 1. The smallest absolute Gasteiger partial charge is 0.416 e. The number of amides is 3. The number of halogens is 3. The van der Waals surface area contributed by atoms with Gasteiger partial charge in [-0.05, 0) is 74.7 Å². The molecule has 2 unspecified atom stereocenters. The van der Waals surface area contributed by atoms with Gasteiger partial charge >= 0.3 is 12.1 Å². The van der Waals surface area contributed by atoms with Gasteiger partial charge in [-0.25, -0.2) is 4.79 Å². The van der Waals surface area contributed by atoms with Crippen molar-refractivity contribution in [1.82, 2.24) is 15.7 Å². The number of unbranched alkanes of at least 4 members (excludes halogenated alkanes) is 2. The summed E-state index contributed by atoms with van der Waals surface area (Å²) < 4.78 is 50.5. The first-order valence-electron chi connectivity index (χ1n) is 15.9. The van der Waals surface area contributed by atoms with Crippen LogP contribution < -0.4 is 15.4 Å². The topological polar surface area (TPSA) is 144 Å². The number of benzene rings is 2. The van der Waals surface area contributed by atoms with Gasteiger partial charge < -0.3 is 24.6 Å². The summed E-state index contributed by atoms with van der Waals surface area (Å²) in [5, 5.41) is 5.92. The van der Waals surface area contributed by atoms with Crippen LogP contribution in [0.1, 0.15) is 95.3 Å². The summed E-state index contributed by atoms with van der Waals surface area (Å²) in [6, 6.07) is 9.50. The number of hydrogen-bond donors (Lipinski definition) is 2. The third-order valence-corrected chi connectivity index (χ3v) is 7.80. The SMILES string of the molecule is CCCCCC(C(=O)NCNC(=O)c1ccc(-c2ccc(C=O)c(OCC)c2)o1)C(CC)N(C=O)OC(=O)c1ccc(C(F)(F)F)cc1C. The van der Waals surface area contributed by atoms with Crippen LogP contribution in [-0.4, -0.2) is 54.9 Å². The third kappa shape index (κ3) is 10.2. The zero-order valence-electron chi connectivity index (χ0n) is 27.7. The highest BCUT2D eigenvalue weighted by molar-refractivity contribution is 5.93. The van der Waals surface area contributed by atoms with Crippen LogP contribution in [0, 0.1) is 12.8 Å². The number of carbonyl (C=O) groups is 5. The molecule has 0 saturated carbocycles. The molecule has 3 aromatic rings. The van der Waals surface area contributed by atoms with Crippen molar-refractivity contribution < 1.29 is 51.1 Å². The molecule has 11 nitrogen and oxygen atoms in total. The van der Waals surface area contributed by atoms with Crippen molar-refractivity contribution in [2.75, 3.05) is 13.3 Å². The van der Waals surface area contributed by atoms with E-state index in [1.54, 1.807) is 38.1 Å². The van der Waals surface area contributed by atoms with Crippen molar-refractivity contribution in [3.8, 4) is 17.1 Å². The Bertz CT molecular complexity index is 1620. The molecule has 14 heteroatoms. The average Bonchev–Trinajstić information content (AvgIpc) is 3.57. The highest BCUT2D eigenvalue weighted by Crippen LogP contribution is 2.31. The fraction of sp³-hybridized carbons (Fsp3) is 0.400. The van der Waals surface area contributed by atoms with Gasteiger partial charge in [0.2, 0.25) is 12.3 Å². The van der Waals surface area contributed by atoms with E-state index in [9.17, 15) is 37.1 Å². The summed E-state index contributed by atoms with van der Waals surface area (Å²) in [6.45, 7) is 6.83. The number of alkyl halides is 3. The lowest BCUT2D eigenvalue weighted by Crippen LogP contribution is -2.49. The number of nitrogens with one attached hydrogen (secondary N) is 2. The summed E-state index contributed by atoms with van der Waals surface area (Å²) in [5.41, 5.74) is -0.155. The van der Waals surface area contributed by atoms with E-state index in [0.29, 0.717) is 48.4 Å². The van der Waals surface area contributed by atoms with Crippen LogP contribution in [0.3, 0.4) is 0 Å². The molecule has 1 heterocycles. The van der Waals surface area contributed by atoms with Crippen LogP contribution in [0.15, 0.2) is 52.9 Å². The van der Waals surface area contributed by atoms with Crippen LogP contribution in [0.2, 0.25) is 0 Å². The highest BCUT2D eigenvalue weighted by Gasteiger charge is 2.35. The molecule has 0 aliphatic carbocycles. The Kier molecular flexibility index (Phi) is 14.0. The standard InChI is InChI=1S/C35H40F3N3O8/c1-5-8-9-10-27(28(6-2)41(21-43)49-34(46)26-14-13-25(17-22(26)4)35(36,37)38)32(44)39-20-40-33(45)30-16-15-29(48-30)23-11-12-24(19-42)31(18-23)47-7-3/h11-19,21,27-28H,5-10,20H2,1-4H3,(H,39,44)(H,40,45). The van der Waals surface area contributed by atoms with E-state index in [0.717, 1.165) is 36.1 Å². The number of hydrogen-bond acceptors (Lipinski definition) is 8. The van der Waals surface area contributed by atoms with E-state index in [1.165, 1.54) is 13.0 Å². The van der Waals surface area contributed by atoms with Gasteiger partial charge in [-0.2, -0.15) is 18.2 Å². The van der Waals surface area contributed by atoms with Crippen molar-refractivity contribution in [2.45, 2.75) is 72.0 Å². The molecule has 2 aromatic carbocycles. The van der Waals surface area contributed by atoms with Gasteiger partial charge in [0.05, 0.1) is 41.9 Å². The second-order valence-corrected chi connectivity index (χ2v) is 11.1. The third-order valence-electron chi connectivity index (χ3n) is 7.80. The first-order valence-corrected chi connectivity index (χ1v) is 15.9. The van der Waals surface area contributed by atoms with Crippen LogP contribution in [0.5, 0.6) is 5.75 Å². The number of nitrogens with zero attached hydrogens (tertiary/aromatic N) is 1. The lowest BCUT2D eigenvalue weighted by molar-refractivity contribution is -0.171. The molecule has 2 atom stereocenters. The molecule has 0 spiro atoms. The molecule has 2 N–H and O–H groups in total. The highest BCUT2D eigenvalue weighted by atomic mass is 19.4. The molecule has 0 saturated heterocycles. The van der Waals surface area contributed by atoms with Crippen LogP contribution in [0.25, 0.3) is 11.3 Å². The fourth-order valence-corrected chi connectivity index (χ4v) is 5.25. The van der Waals surface area contributed by atoms with Gasteiger partial charge in [0.1, 0.15) is 11.5 Å². The Labute approximate surface area is 282 Å². The monoisotopic (exact) mass is 687 g/mol. The van der Waals surface area contributed by atoms with E-state index < -0.39 is 41.5 Å². The summed E-state index contributed by atoms with van der Waals surface area (Å²) in [5.74, 6) is -2.36. The minimum absolute atomic E-state index is 0.00134. The Morgan fingerprint density at radius 2 is 1.73 bits per heavy atom. The fourth-order valence-electron chi connectivity index (χ4n) is 5.25. The maximum absolute atomic E-state index is 13.4. The lowest BCUT2D eigenvalue weighted by Gasteiger charge is -2.32. The molecule has 0 aliphatic rings. The molecule has 0 radical (unpaired) electrons. The van der Waals surface area contributed by atoms with Crippen LogP contribution >= 0.6 is 0 Å². The predicted octanol–water partition coefficient (Wildman–Crippen LogP) is 6.49. The normalized spacial score (nSPS) is 12.4. The molecule has 49 heavy (non-hydrogen) atoms. The largest absolute Gasteiger partial charge is 0.493 e.